The highest BCUT2D eigenvalue weighted by Gasteiger charge is 2.41. The van der Waals surface area contributed by atoms with E-state index in [2.05, 4.69) is 113 Å². The van der Waals surface area contributed by atoms with Gasteiger partial charge in [-0.05, 0) is 43.5 Å². The molecule has 0 aliphatic heterocycles. The third-order valence-electron chi connectivity index (χ3n) is 6.49. The maximum atomic E-state index is 2.39. The molecule has 0 nitrogen and oxygen atoms in total. The van der Waals surface area contributed by atoms with Crippen LogP contribution >= 0.6 is 0 Å². The molecule has 4 rings (SSSR count). The molecule has 0 aliphatic carbocycles. The average molecular weight is 338 g/mol. The Morgan fingerprint density at radius 1 is 0.423 bits per heavy atom. The minimum Gasteiger partial charge on any atom is -0.0616 e. The molecule has 0 spiro atoms. The van der Waals surface area contributed by atoms with Crippen molar-refractivity contribution in [3.05, 3.63) is 96.1 Å². The summed E-state index contributed by atoms with van der Waals surface area (Å²) in [5.41, 5.74) is 2.76. The minimum atomic E-state index is -0.0298. The molecule has 130 valence electrons. The van der Waals surface area contributed by atoms with Crippen LogP contribution < -0.4 is 0 Å². The lowest BCUT2D eigenvalue weighted by atomic mass is 9.59. The van der Waals surface area contributed by atoms with E-state index in [1.807, 2.05) is 0 Å². The van der Waals surface area contributed by atoms with Crippen molar-refractivity contribution in [2.45, 2.75) is 38.5 Å². The van der Waals surface area contributed by atoms with Crippen LogP contribution in [0, 0.1) is 0 Å². The zero-order valence-corrected chi connectivity index (χ0v) is 16.1. The van der Waals surface area contributed by atoms with E-state index < -0.39 is 0 Å². The largest absolute Gasteiger partial charge is 0.0616 e. The first kappa shape index (κ1) is 16.8. The molecule has 0 saturated carbocycles. The summed E-state index contributed by atoms with van der Waals surface area (Å²) >= 11 is 0. The van der Waals surface area contributed by atoms with Gasteiger partial charge in [-0.25, -0.2) is 0 Å². The Morgan fingerprint density at radius 3 is 1.19 bits per heavy atom. The maximum Gasteiger partial charge on any atom is -0.000568 e. The molecule has 0 radical (unpaired) electrons. The molecule has 0 bridgehead atoms. The topological polar surface area (TPSA) is 0 Å². The summed E-state index contributed by atoms with van der Waals surface area (Å²) in [6, 6.07) is 30.9. The van der Waals surface area contributed by atoms with Crippen LogP contribution in [-0.2, 0) is 10.8 Å². The Hall–Kier alpha value is -2.60. The van der Waals surface area contributed by atoms with Crippen LogP contribution in [0.5, 0.6) is 0 Å². The van der Waals surface area contributed by atoms with E-state index in [1.54, 1.807) is 0 Å². The molecule has 0 saturated heterocycles. The van der Waals surface area contributed by atoms with Gasteiger partial charge in [-0.15, -0.1) is 0 Å². The molecular weight excluding hydrogens is 312 g/mol. The second-order valence-corrected chi connectivity index (χ2v) is 8.30. The molecule has 0 heterocycles. The van der Waals surface area contributed by atoms with E-state index in [0.29, 0.717) is 0 Å². The van der Waals surface area contributed by atoms with Gasteiger partial charge < -0.3 is 0 Å². The van der Waals surface area contributed by atoms with Gasteiger partial charge in [0.15, 0.2) is 0 Å². The lowest BCUT2D eigenvalue weighted by Crippen LogP contribution is -2.40. The van der Waals surface area contributed by atoms with Gasteiger partial charge in [0, 0.05) is 0 Å². The van der Waals surface area contributed by atoms with Gasteiger partial charge in [0.05, 0.1) is 0 Å². The van der Waals surface area contributed by atoms with E-state index in [4.69, 9.17) is 0 Å². The summed E-state index contributed by atoms with van der Waals surface area (Å²) in [6.45, 7) is 9.54. The van der Waals surface area contributed by atoms with Crippen molar-refractivity contribution >= 4 is 21.5 Å². The molecule has 0 heteroatoms. The standard InChI is InChI=1S/C26H26/c1-25(2,23-17-9-13-19-11-5-7-15-21(19)23)26(3,4)24-18-10-14-20-12-6-8-16-22(20)24/h5-18H,1-4H3. The van der Waals surface area contributed by atoms with Crippen molar-refractivity contribution < 1.29 is 0 Å². The number of fused-ring (bicyclic) bond motifs is 2. The van der Waals surface area contributed by atoms with Crippen molar-refractivity contribution in [1.82, 2.24) is 0 Å². The highest BCUT2D eigenvalue weighted by atomic mass is 14.4. The smallest absolute Gasteiger partial charge is 0.000568 e. The third kappa shape index (κ3) is 2.44. The Labute approximate surface area is 156 Å². The van der Waals surface area contributed by atoms with Crippen molar-refractivity contribution in [2.24, 2.45) is 0 Å². The molecule has 0 amide bonds. The molecule has 0 atom stereocenters. The molecule has 0 fully saturated rings. The van der Waals surface area contributed by atoms with E-state index in [-0.39, 0.29) is 10.8 Å². The first-order valence-electron chi connectivity index (χ1n) is 9.39. The fourth-order valence-electron chi connectivity index (χ4n) is 4.21. The second-order valence-electron chi connectivity index (χ2n) is 8.30. The van der Waals surface area contributed by atoms with E-state index in [0.717, 1.165) is 0 Å². The minimum absolute atomic E-state index is 0.0298. The van der Waals surface area contributed by atoms with Gasteiger partial charge in [0.2, 0.25) is 0 Å². The number of benzene rings is 4. The SMILES string of the molecule is CC(C)(c1cccc2ccccc12)C(C)(C)c1cccc2ccccc12. The van der Waals surface area contributed by atoms with Crippen LogP contribution in [0.3, 0.4) is 0 Å². The van der Waals surface area contributed by atoms with Crippen LogP contribution in [0.2, 0.25) is 0 Å². The average Bonchev–Trinajstić information content (AvgIpc) is 2.66. The first-order chi connectivity index (χ1) is 12.4. The van der Waals surface area contributed by atoms with E-state index in [9.17, 15) is 0 Å². The summed E-state index contributed by atoms with van der Waals surface area (Å²) in [5.74, 6) is 0. The van der Waals surface area contributed by atoms with Crippen molar-refractivity contribution in [1.29, 1.82) is 0 Å². The van der Waals surface area contributed by atoms with Gasteiger partial charge in [-0.1, -0.05) is 113 Å². The van der Waals surface area contributed by atoms with Crippen LogP contribution in [0.4, 0.5) is 0 Å². The molecule has 0 aliphatic rings. The van der Waals surface area contributed by atoms with Crippen LogP contribution in [0.15, 0.2) is 84.9 Å². The summed E-state index contributed by atoms with van der Waals surface area (Å²) in [5, 5.41) is 5.33. The Balaban J connectivity index is 1.96. The van der Waals surface area contributed by atoms with Gasteiger partial charge in [-0.3, -0.25) is 0 Å². The zero-order valence-electron chi connectivity index (χ0n) is 16.1. The number of hydrogen-bond acceptors (Lipinski definition) is 0. The molecule has 4 aromatic carbocycles. The fourth-order valence-corrected chi connectivity index (χ4v) is 4.21. The quantitative estimate of drug-likeness (QED) is 0.369. The Kier molecular flexibility index (Phi) is 3.88. The zero-order chi connectivity index (χ0) is 18.4. The summed E-state index contributed by atoms with van der Waals surface area (Å²) in [4.78, 5) is 0. The highest BCUT2D eigenvalue weighted by Crippen LogP contribution is 2.47. The third-order valence-corrected chi connectivity index (χ3v) is 6.49. The van der Waals surface area contributed by atoms with Crippen molar-refractivity contribution in [3.63, 3.8) is 0 Å². The van der Waals surface area contributed by atoms with Gasteiger partial charge in [0.1, 0.15) is 0 Å². The van der Waals surface area contributed by atoms with E-state index in [1.165, 1.54) is 32.7 Å². The van der Waals surface area contributed by atoms with Crippen molar-refractivity contribution in [3.8, 4) is 0 Å². The predicted octanol–water partition coefficient (Wildman–Crippen LogP) is 7.25. The van der Waals surface area contributed by atoms with E-state index >= 15 is 0 Å². The van der Waals surface area contributed by atoms with Crippen LogP contribution in [-0.4, -0.2) is 0 Å². The van der Waals surface area contributed by atoms with Gasteiger partial charge in [-0.2, -0.15) is 0 Å². The molecular formula is C26H26. The summed E-state index contributed by atoms with van der Waals surface area (Å²) in [7, 11) is 0. The van der Waals surface area contributed by atoms with Crippen LogP contribution in [0.1, 0.15) is 38.8 Å². The number of rotatable bonds is 3. The maximum absolute atomic E-state index is 2.39. The summed E-state index contributed by atoms with van der Waals surface area (Å²) in [6.07, 6.45) is 0. The molecule has 0 unspecified atom stereocenters. The predicted molar refractivity (Wildman–Crippen MR) is 114 cm³/mol. The lowest BCUT2D eigenvalue weighted by Gasteiger charge is -2.44. The lowest BCUT2D eigenvalue weighted by molar-refractivity contribution is 0.307. The Bertz CT molecular complexity index is 983. The van der Waals surface area contributed by atoms with Crippen LogP contribution in [0.25, 0.3) is 21.5 Å². The monoisotopic (exact) mass is 338 g/mol. The highest BCUT2D eigenvalue weighted by molar-refractivity contribution is 5.89. The molecule has 0 aromatic heterocycles. The number of hydrogen-bond donors (Lipinski definition) is 0. The molecule has 4 aromatic rings. The second kappa shape index (κ2) is 5.99. The Morgan fingerprint density at radius 2 is 0.769 bits per heavy atom. The normalized spacial score (nSPS) is 12.6. The molecule has 26 heavy (non-hydrogen) atoms. The van der Waals surface area contributed by atoms with Gasteiger partial charge >= 0.3 is 0 Å². The summed E-state index contributed by atoms with van der Waals surface area (Å²) < 4.78 is 0. The molecule has 0 N–H and O–H groups in total. The van der Waals surface area contributed by atoms with Gasteiger partial charge in [0.25, 0.3) is 0 Å². The van der Waals surface area contributed by atoms with Crippen molar-refractivity contribution in [2.75, 3.05) is 0 Å². The fraction of sp³-hybridized carbons (Fsp3) is 0.231. The first-order valence-corrected chi connectivity index (χ1v) is 9.39.